The van der Waals surface area contributed by atoms with E-state index in [-0.39, 0.29) is 62.9 Å². The minimum absolute atomic E-state index is 0.0286. The summed E-state index contributed by atoms with van der Waals surface area (Å²) >= 11 is 0. The molecule has 6 nitrogen and oxygen atoms in total. The van der Waals surface area contributed by atoms with E-state index in [0.717, 1.165) is 69.8 Å². The Morgan fingerprint density at radius 2 is 1.53 bits per heavy atom. The minimum Gasteiger partial charge on any atom is -0.462 e. The van der Waals surface area contributed by atoms with E-state index in [4.69, 9.17) is 14.3 Å². The summed E-state index contributed by atoms with van der Waals surface area (Å²) in [5, 5.41) is 0. The van der Waals surface area contributed by atoms with Gasteiger partial charge in [0.2, 0.25) is 0 Å². The summed E-state index contributed by atoms with van der Waals surface area (Å²) in [5.74, 6) is 2.27. The van der Waals surface area contributed by atoms with Gasteiger partial charge in [-0.2, -0.15) is 9.59 Å². The highest BCUT2D eigenvalue weighted by atomic mass is 16.5. The number of aldehydes is 1. The molecule has 0 aliphatic heterocycles. The second kappa shape index (κ2) is 12.9. The molecule has 0 bridgehead atoms. The van der Waals surface area contributed by atoms with Crippen LogP contribution in [0.15, 0.2) is 41.5 Å². The van der Waals surface area contributed by atoms with Crippen LogP contribution in [0.2, 0.25) is 0 Å². The van der Waals surface area contributed by atoms with Gasteiger partial charge in [0.1, 0.15) is 12.4 Å². The van der Waals surface area contributed by atoms with E-state index in [2.05, 4.69) is 92.6 Å². The Labute approximate surface area is 306 Å². The highest BCUT2D eigenvalue weighted by molar-refractivity contribution is 6.03. The quantitative estimate of drug-likeness (QED) is 0.217. The van der Waals surface area contributed by atoms with Gasteiger partial charge in [0.25, 0.3) is 0 Å². The largest absolute Gasteiger partial charge is 0.462 e. The zero-order valence-corrected chi connectivity index (χ0v) is 32.7. The van der Waals surface area contributed by atoms with Gasteiger partial charge < -0.3 is 9.53 Å². The Balaban J connectivity index is 0.00000144. The average Bonchev–Trinajstić information content (AvgIpc) is 3.38. The lowest BCUT2D eigenvalue weighted by Crippen LogP contribution is -2.66. The molecule has 0 heterocycles. The van der Waals surface area contributed by atoms with Crippen LogP contribution in [0, 0.1) is 68.0 Å². The Hall–Kier alpha value is -2.85. The van der Waals surface area contributed by atoms with Crippen LogP contribution in [0.25, 0.3) is 0 Å². The summed E-state index contributed by atoms with van der Waals surface area (Å²) in [6, 6.07) is 10.7. The van der Waals surface area contributed by atoms with E-state index in [1.165, 1.54) is 17.4 Å². The topological polar surface area (TPSA) is 94.6 Å². The van der Waals surface area contributed by atoms with Crippen LogP contribution in [-0.2, 0) is 35.1 Å². The van der Waals surface area contributed by atoms with Gasteiger partial charge >= 0.3 is 12.1 Å². The molecule has 0 N–H and O–H groups in total. The van der Waals surface area contributed by atoms with Gasteiger partial charge in [-0.25, -0.2) is 0 Å². The molecule has 10 atom stereocenters. The van der Waals surface area contributed by atoms with Crippen molar-refractivity contribution in [3.63, 3.8) is 0 Å². The molecule has 7 rings (SSSR count). The van der Waals surface area contributed by atoms with Gasteiger partial charge in [0.15, 0.2) is 5.78 Å². The number of fused-ring (bicyclic) bond motifs is 7. The lowest BCUT2D eigenvalue weighted by atomic mass is 9.33. The summed E-state index contributed by atoms with van der Waals surface area (Å²) in [7, 11) is 0. The van der Waals surface area contributed by atoms with E-state index >= 15 is 0 Å². The van der Waals surface area contributed by atoms with E-state index < -0.39 is 5.41 Å². The number of ketones is 1. The summed E-state index contributed by atoms with van der Waals surface area (Å²) < 4.78 is 6.61. The molecular formula is C45H62O6. The normalized spacial score (nSPS) is 41.7. The fraction of sp³-hybridized carbons (Fsp3) is 0.733. The monoisotopic (exact) mass is 698 g/mol. The smallest absolute Gasteiger partial charge is 0.373 e. The maximum atomic E-state index is 13.9. The molecule has 1 aromatic rings. The Morgan fingerprint density at radius 3 is 2.14 bits per heavy atom. The summed E-state index contributed by atoms with van der Waals surface area (Å²) in [6.07, 6.45) is 12.1. The molecule has 51 heavy (non-hydrogen) atoms. The first kappa shape index (κ1) is 37.9. The van der Waals surface area contributed by atoms with Gasteiger partial charge in [0, 0.05) is 11.8 Å². The van der Waals surface area contributed by atoms with Crippen molar-refractivity contribution in [2.45, 2.75) is 139 Å². The Morgan fingerprint density at radius 1 is 0.863 bits per heavy atom. The number of Topliss-reactive ketones (excluding diaryl/α,β-unsaturated/α-hetero) is 1. The number of allylic oxidation sites excluding steroid dienone is 2. The summed E-state index contributed by atoms with van der Waals surface area (Å²) in [4.78, 5) is 56.4. The maximum absolute atomic E-state index is 13.9. The molecule has 5 saturated carbocycles. The Bertz CT molecular complexity index is 1610. The summed E-state index contributed by atoms with van der Waals surface area (Å²) in [6.45, 7) is 21.3. The van der Waals surface area contributed by atoms with Crippen LogP contribution in [0.4, 0.5) is 0 Å². The third-order valence-electron chi connectivity index (χ3n) is 17.0. The van der Waals surface area contributed by atoms with Crippen molar-refractivity contribution in [2.24, 2.45) is 68.0 Å². The van der Waals surface area contributed by atoms with Gasteiger partial charge in [-0.3, -0.25) is 9.59 Å². The van der Waals surface area contributed by atoms with Gasteiger partial charge in [0.05, 0.1) is 11.3 Å². The van der Waals surface area contributed by atoms with Crippen LogP contribution in [-0.4, -0.2) is 30.3 Å². The first-order valence-electron chi connectivity index (χ1n) is 19.9. The number of rotatable bonds is 6. The number of ether oxygens (including phenoxy) is 1. The molecule has 0 radical (unpaired) electrons. The Kier molecular flexibility index (Phi) is 9.60. The SMILES string of the molecule is CC(C)C1=C2[C@H]3CC[C@@H]4[C@@]5(C)CC[C@H](OC(=O)[C@H]6C[C@@H](Cc7ccccc7)C6(C)C)C(C)(C)[C@@H]5CC[C@@]4(C)[C@]3(C)CC[C@@]2(C=O)CC1=O.O=C=O. The third kappa shape index (κ3) is 5.50. The predicted octanol–water partition coefficient (Wildman–Crippen LogP) is 9.40. The molecule has 5 fully saturated rings. The molecule has 6 heteroatoms. The molecule has 0 saturated heterocycles. The van der Waals surface area contributed by atoms with Crippen molar-refractivity contribution in [1.82, 2.24) is 0 Å². The first-order chi connectivity index (χ1) is 23.9. The van der Waals surface area contributed by atoms with Crippen molar-refractivity contribution >= 4 is 24.2 Å². The number of benzene rings is 1. The molecule has 1 aromatic carbocycles. The van der Waals surface area contributed by atoms with Crippen molar-refractivity contribution in [1.29, 1.82) is 0 Å². The van der Waals surface area contributed by atoms with E-state index in [1.54, 1.807) is 0 Å². The lowest BCUT2D eigenvalue weighted by molar-refractivity contribution is -0.236. The second-order valence-electron chi connectivity index (χ2n) is 19.8. The van der Waals surface area contributed by atoms with Crippen LogP contribution in [0.5, 0.6) is 0 Å². The minimum atomic E-state index is -0.564. The van der Waals surface area contributed by atoms with Crippen LogP contribution >= 0.6 is 0 Å². The number of hydrogen-bond acceptors (Lipinski definition) is 6. The molecular weight excluding hydrogens is 636 g/mol. The number of carbonyl (C=O) groups is 3. The fourth-order valence-corrected chi connectivity index (χ4v) is 13.9. The fourth-order valence-electron chi connectivity index (χ4n) is 13.9. The number of esters is 1. The standard InChI is InChI=1S/C44H62O4.CO2/c1-27(2)36-32(46)25-44(26-45)22-21-42(8)30(37(36)44)15-16-34-41(7)19-18-35(40(5,6)33(41)17-20-43(34,42)9)48-38(47)31-24-29(39(31,3)4)23-28-13-11-10-12-14-28;2-1-3/h10-14,26-27,29-31,33-35H,15-25H2,1-9H3;/t29-,30-,31-,33+,34-,35+,41+,42-,43-,44+;/m1./s1. The van der Waals surface area contributed by atoms with Crippen LogP contribution < -0.4 is 0 Å². The van der Waals surface area contributed by atoms with Crippen LogP contribution in [0.3, 0.4) is 0 Å². The predicted molar refractivity (Wildman–Crippen MR) is 196 cm³/mol. The van der Waals surface area contributed by atoms with Gasteiger partial charge in [-0.05, 0) is 132 Å². The highest BCUT2D eigenvalue weighted by Gasteiger charge is 2.70. The van der Waals surface area contributed by atoms with E-state index in [9.17, 15) is 14.4 Å². The zero-order valence-electron chi connectivity index (χ0n) is 32.7. The van der Waals surface area contributed by atoms with Gasteiger partial charge in [-0.1, -0.05) is 92.6 Å². The molecule has 278 valence electrons. The van der Waals surface area contributed by atoms with Crippen molar-refractivity contribution in [3.05, 3.63) is 47.0 Å². The highest BCUT2D eigenvalue weighted by Crippen LogP contribution is 2.76. The molecule has 0 aromatic heterocycles. The van der Waals surface area contributed by atoms with E-state index in [1.807, 2.05) is 0 Å². The number of hydrogen-bond donors (Lipinski definition) is 0. The molecule has 0 spiro atoms. The van der Waals surface area contributed by atoms with Crippen molar-refractivity contribution in [3.8, 4) is 0 Å². The van der Waals surface area contributed by atoms with Crippen molar-refractivity contribution in [2.75, 3.05) is 0 Å². The maximum Gasteiger partial charge on any atom is 0.373 e. The lowest BCUT2D eigenvalue weighted by Gasteiger charge is -2.72. The van der Waals surface area contributed by atoms with E-state index in [0.29, 0.717) is 30.1 Å². The molecule has 6 aliphatic carbocycles. The average molecular weight is 699 g/mol. The van der Waals surface area contributed by atoms with Crippen LogP contribution in [0.1, 0.15) is 132 Å². The number of carbonyl (C=O) groups excluding carboxylic acids is 5. The van der Waals surface area contributed by atoms with Gasteiger partial charge in [-0.15, -0.1) is 0 Å². The zero-order chi connectivity index (χ0) is 37.4. The summed E-state index contributed by atoms with van der Waals surface area (Å²) in [5.41, 5.74) is 3.25. The first-order valence-corrected chi connectivity index (χ1v) is 19.9. The second-order valence-corrected chi connectivity index (χ2v) is 19.8. The molecule has 0 unspecified atom stereocenters. The molecule has 0 amide bonds. The molecule has 6 aliphatic rings. The third-order valence-corrected chi connectivity index (χ3v) is 17.0. The van der Waals surface area contributed by atoms with Crippen molar-refractivity contribution < 1.29 is 28.7 Å².